The summed E-state index contributed by atoms with van der Waals surface area (Å²) in [4.78, 5) is 14.9. The standard InChI is InChI=1S/C51H58OSi2/c1-33(2)53(34(3)4,35(5)6)29-27-39-23-25-43-45(31-39)46-32-40(28-30-54(36(7)8,37(9)10)38(11)12)24-26-44(46)50-48(42-21-17-14-18-22-42)51(52)47(49(43)50)41-19-15-13-16-20-41/h13-26,31-38H,1-12H3. The maximum Gasteiger partial charge on any atom is 0.195 e. The topological polar surface area (TPSA) is 17.1 Å². The van der Waals surface area contributed by atoms with Crippen LogP contribution in [0.25, 0.3) is 32.7 Å². The maximum atomic E-state index is 14.9. The molecule has 0 unspecified atom stereocenters. The molecule has 0 spiro atoms. The zero-order valence-electron chi connectivity index (χ0n) is 34.6. The van der Waals surface area contributed by atoms with Gasteiger partial charge in [-0.25, -0.2) is 0 Å². The number of carbonyl (C=O) groups excluding carboxylic acids is 1. The Bertz CT molecular complexity index is 2260. The summed E-state index contributed by atoms with van der Waals surface area (Å²) in [5.74, 6) is 7.57. The Hall–Kier alpha value is -4.42. The molecular formula is C51H58OSi2. The fourth-order valence-electron chi connectivity index (χ4n) is 10.3. The van der Waals surface area contributed by atoms with Crippen LogP contribution in [0.15, 0.2) is 97.1 Å². The van der Waals surface area contributed by atoms with E-state index in [-0.39, 0.29) is 5.78 Å². The van der Waals surface area contributed by atoms with Crippen LogP contribution in [-0.2, 0) is 4.79 Å². The Morgan fingerprint density at radius 2 is 0.722 bits per heavy atom. The number of ketones is 1. The number of hydrogen-bond donors (Lipinski definition) is 0. The van der Waals surface area contributed by atoms with Crippen molar-refractivity contribution in [2.45, 2.75) is 116 Å². The Morgan fingerprint density at radius 1 is 0.407 bits per heavy atom. The highest BCUT2D eigenvalue weighted by Gasteiger charge is 2.42. The first-order valence-corrected chi connectivity index (χ1v) is 24.6. The summed E-state index contributed by atoms with van der Waals surface area (Å²) in [5.41, 5.74) is 16.7. The van der Waals surface area contributed by atoms with Gasteiger partial charge in [-0.05, 0) is 90.2 Å². The minimum atomic E-state index is -1.95. The van der Waals surface area contributed by atoms with Crippen molar-refractivity contribution in [2.75, 3.05) is 0 Å². The van der Waals surface area contributed by atoms with Crippen LogP contribution in [0.4, 0.5) is 0 Å². The molecule has 1 aliphatic rings. The lowest BCUT2D eigenvalue weighted by atomic mass is 9.93. The normalized spacial score (nSPS) is 13.5. The van der Waals surface area contributed by atoms with Crippen molar-refractivity contribution in [2.24, 2.45) is 0 Å². The fourth-order valence-corrected chi connectivity index (χ4v) is 20.7. The lowest BCUT2D eigenvalue weighted by Gasteiger charge is -2.38. The van der Waals surface area contributed by atoms with Crippen molar-refractivity contribution in [3.63, 3.8) is 0 Å². The molecule has 3 heteroatoms. The van der Waals surface area contributed by atoms with E-state index < -0.39 is 16.1 Å². The van der Waals surface area contributed by atoms with Gasteiger partial charge >= 0.3 is 0 Å². The van der Waals surface area contributed by atoms with Gasteiger partial charge in [0.15, 0.2) is 5.78 Å². The first kappa shape index (κ1) is 39.3. The van der Waals surface area contributed by atoms with Gasteiger partial charge in [0.1, 0.15) is 16.1 Å². The number of benzene rings is 5. The van der Waals surface area contributed by atoms with Crippen LogP contribution in [-0.4, -0.2) is 21.9 Å². The highest BCUT2D eigenvalue weighted by Crippen LogP contribution is 2.42. The lowest BCUT2D eigenvalue weighted by Crippen LogP contribution is -2.43. The predicted molar refractivity (Wildman–Crippen MR) is 239 cm³/mol. The molecular weight excluding hydrogens is 685 g/mol. The monoisotopic (exact) mass is 742 g/mol. The Labute approximate surface area is 327 Å². The number of carbonyl (C=O) groups is 1. The van der Waals surface area contributed by atoms with Crippen molar-refractivity contribution in [1.82, 2.24) is 0 Å². The van der Waals surface area contributed by atoms with Crippen LogP contribution in [0.3, 0.4) is 0 Å². The number of Topliss-reactive ketones (excluding diaryl/α,β-unsaturated/α-hetero) is 1. The average molecular weight is 743 g/mol. The molecule has 1 aliphatic carbocycles. The zero-order chi connectivity index (χ0) is 39.1. The van der Waals surface area contributed by atoms with Gasteiger partial charge in [0.25, 0.3) is 0 Å². The van der Waals surface area contributed by atoms with Crippen LogP contribution in [0.1, 0.15) is 105 Å². The van der Waals surface area contributed by atoms with Crippen molar-refractivity contribution < 1.29 is 4.79 Å². The summed E-state index contributed by atoms with van der Waals surface area (Å²) in [7, 11) is -3.91. The maximum absolute atomic E-state index is 14.9. The van der Waals surface area contributed by atoms with Crippen molar-refractivity contribution in [3.8, 4) is 22.9 Å². The summed E-state index contributed by atoms with van der Waals surface area (Å²) in [6, 6.07) is 33.9. The van der Waals surface area contributed by atoms with Gasteiger partial charge < -0.3 is 0 Å². The molecule has 0 radical (unpaired) electrons. The molecule has 1 nitrogen and oxygen atoms in total. The molecule has 0 atom stereocenters. The van der Waals surface area contributed by atoms with E-state index in [4.69, 9.17) is 0 Å². The highest BCUT2D eigenvalue weighted by molar-refractivity contribution is 6.91. The van der Waals surface area contributed by atoms with Gasteiger partial charge in [-0.3, -0.25) is 4.79 Å². The third-order valence-corrected chi connectivity index (χ3v) is 25.4. The van der Waals surface area contributed by atoms with Crippen LogP contribution in [0.5, 0.6) is 0 Å². The third-order valence-electron chi connectivity index (χ3n) is 12.8. The van der Waals surface area contributed by atoms with E-state index in [1.54, 1.807) is 0 Å². The summed E-state index contributed by atoms with van der Waals surface area (Å²) in [6.45, 7) is 28.4. The zero-order valence-corrected chi connectivity index (χ0v) is 36.6. The fraction of sp³-hybridized carbons (Fsp3) is 0.353. The number of hydrogen-bond acceptors (Lipinski definition) is 1. The van der Waals surface area contributed by atoms with E-state index in [0.29, 0.717) is 33.2 Å². The third kappa shape index (κ3) is 6.55. The van der Waals surface area contributed by atoms with Crippen molar-refractivity contribution in [3.05, 3.63) is 130 Å². The number of fused-ring (bicyclic) bond motifs is 6. The molecule has 5 aromatic rings. The molecule has 5 aromatic carbocycles. The van der Waals surface area contributed by atoms with Gasteiger partial charge in [-0.15, -0.1) is 11.1 Å². The second-order valence-corrected chi connectivity index (χ2v) is 28.5. The highest BCUT2D eigenvalue weighted by atomic mass is 28.3. The Kier molecular flexibility index (Phi) is 11.2. The summed E-state index contributed by atoms with van der Waals surface area (Å²) < 4.78 is 0. The molecule has 0 saturated heterocycles. The first-order valence-electron chi connectivity index (χ1n) is 20.2. The average Bonchev–Trinajstić information content (AvgIpc) is 3.44. The molecule has 0 aromatic heterocycles. The van der Waals surface area contributed by atoms with Crippen molar-refractivity contribution >= 4 is 54.6 Å². The Morgan fingerprint density at radius 3 is 1.02 bits per heavy atom. The molecule has 0 amide bonds. The molecule has 276 valence electrons. The van der Waals surface area contributed by atoms with Crippen LogP contribution >= 0.6 is 0 Å². The predicted octanol–water partition coefficient (Wildman–Crippen LogP) is 12.1. The summed E-state index contributed by atoms with van der Waals surface area (Å²) in [5, 5.41) is 6.46. The van der Waals surface area contributed by atoms with E-state index >= 15 is 0 Å². The summed E-state index contributed by atoms with van der Waals surface area (Å²) in [6.07, 6.45) is 0. The second kappa shape index (κ2) is 15.4. The quantitative estimate of drug-likeness (QED) is 0.0879. The van der Waals surface area contributed by atoms with E-state index in [9.17, 15) is 4.79 Å². The Balaban J connectivity index is 1.78. The van der Waals surface area contributed by atoms with Crippen LogP contribution in [0, 0.1) is 22.9 Å². The van der Waals surface area contributed by atoms with E-state index in [1.165, 1.54) is 0 Å². The van der Waals surface area contributed by atoms with Gasteiger partial charge in [0, 0.05) is 32.7 Å². The largest absolute Gasteiger partial charge is 0.289 e. The van der Waals surface area contributed by atoms with Crippen LogP contribution in [0.2, 0.25) is 33.2 Å². The first-order chi connectivity index (χ1) is 25.7. The molecule has 0 N–H and O–H groups in total. The molecule has 0 saturated carbocycles. The van der Waals surface area contributed by atoms with E-state index in [0.717, 1.165) is 65.4 Å². The molecule has 0 bridgehead atoms. The van der Waals surface area contributed by atoms with Gasteiger partial charge in [-0.1, -0.05) is 168 Å². The van der Waals surface area contributed by atoms with Crippen molar-refractivity contribution in [1.29, 1.82) is 0 Å². The molecule has 54 heavy (non-hydrogen) atoms. The lowest BCUT2D eigenvalue weighted by molar-refractivity contribution is -0.108. The van der Waals surface area contributed by atoms with Gasteiger partial charge in [0.05, 0.1) is 0 Å². The van der Waals surface area contributed by atoms with Crippen LogP contribution < -0.4 is 10.4 Å². The SMILES string of the molecule is CC(C)[Si](C#Cc1ccc2c3c(c4ccc(C#C[Si](C(C)C)(C(C)C)C(C)C)cc4c2c1)=C(c1ccccc1)C(=O)C=3c1ccccc1)(C(C)C)C(C)C. The van der Waals surface area contributed by atoms with Gasteiger partial charge in [-0.2, -0.15) is 0 Å². The van der Waals surface area contributed by atoms with Gasteiger partial charge in [0.2, 0.25) is 0 Å². The molecule has 0 heterocycles. The molecule has 6 rings (SSSR count). The van der Waals surface area contributed by atoms with E-state index in [2.05, 4.69) is 167 Å². The smallest absolute Gasteiger partial charge is 0.195 e. The van der Waals surface area contributed by atoms with E-state index in [1.807, 2.05) is 36.4 Å². The second-order valence-electron chi connectivity index (χ2n) is 17.4. The minimum absolute atomic E-state index is 0.0760. The minimum Gasteiger partial charge on any atom is -0.289 e. The molecule has 0 aliphatic heterocycles. The number of rotatable bonds is 8. The summed E-state index contributed by atoms with van der Waals surface area (Å²) >= 11 is 0. The molecule has 0 fully saturated rings.